The van der Waals surface area contributed by atoms with Crippen LogP contribution in [0.5, 0.6) is 0 Å². The smallest absolute Gasteiger partial charge is 0.334 e. The molecule has 0 unspecified atom stereocenters. The SMILES string of the molecule is CCO[Si](C)(CCCBr)OCC. The molecule has 0 heterocycles. The van der Waals surface area contributed by atoms with E-state index in [-0.39, 0.29) is 0 Å². The summed E-state index contributed by atoms with van der Waals surface area (Å²) in [5, 5.41) is 1.04. The molecule has 0 amide bonds. The highest BCUT2D eigenvalue weighted by molar-refractivity contribution is 9.09. The molecule has 0 atom stereocenters. The summed E-state index contributed by atoms with van der Waals surface area (Å²) in [6, 6.07) is 1.08. The van der Waals surface area contributed by atoms with E-state index in [1.807, 2.05) is 13.8 Å². The molecular weight excluding hydrogens is 236 g/mol. The minimum absolute atomic E-state index is 0.769. The van der Waals surface area contributed by atoms with Crippen molar-refractivity contribution in [1.82, 2.24) is 0 Å². The van der Waals surface area contributed by atoms with Crippen LogP contribution in [0.25, 0.3) is 0 Å². The van der Waals surface area contributed by atoms with Crippen molar-refractivity contribution in [3.63, 3.8) is 0 Å². The maximum Gasteiger partial charge on any atom is 0.334 e. The second-order valence-corrected chi connectivity index (χ2v) is 6.93. The van der Waals surface area contributed by atoms with E-state index in [0.717, 1.165) is 31.0 Å². The van der Waals surface area contributed by atoms with Crippen molar-refractivity contribution in [2.24, 2.45) is 0 Å². The van der Waals surface area contributed by atoms with Crippen molar-refractivity contribution in [2.45, 2.75) is 32.9 Å². The van der Waals surface area contributed by atoms with Crippen molar-refractivity contribution < 1.29 is 8.85 Å². The Hall–Kier alpha value is 0.617. The van der Waals surface area contributed by atoms with Crippen LogP contribution < -0.4 is 0 Å². The van der Waals surface area contributed by atoms with Gasteiger partial charge in [0, 0.05) is 18.5 Å². The van der Waals surface area contributed by atoms with Crippen LogP contribution in [-0.4, -0.2) is 27.1 Å². The predicted molar refractivity (Wildman–Crippen MR) is 58.1 cm³/mol. The average molecular weight is 255 g/mol. The molecule has 74 valence electrons. The van der Waals surface area contributed by atoms with Gasteiger partial charge in [0.25, 0.3) is 0 Å². The monoisotopic (exact) mass is 254 g/mol. The van der Waals surface area contributed by atoms with E-state index in [9.17, 15) is 0 Å². The molecule has 0 spiro atoms. The van der Waals surface area contributed by atoms with Crippen molar-refractivity contribution in [1.29, 1.82) is 0 Å². The van der Waals surface area contributed by atoms with Gasteiger partial charge in [-0.3, -0.25) is 0 Å². The Morgan fingerprint density at radius 1 is 1.17 bits per heavy atom. The Bertz CT molecular complexity index is 105. The van der Waals surface area contributed by atoms with Gasteiger partial charge in [0.15, 0.2) is 0 Å². The summed E-state index contributed by atoms with van der Waals surface area (Å²) in [6.07, 6.45) is 1.14. The van der Waals surface area contributed by atoms with E-state index in [1.54, 1.807) is 0 Å². The number of halogens is 1. The van der Waals surface area contributed by atoms with Crippen LogP contribution in [-0.2, 0) is 8.85 Å². The molecule has 0 saturated heterocycles. The van der Waals surface area contributed by atoms with Gasteiger partial charge in [-0.05, 0) is 32.9 Å². The van der Waals surface area contributed by atoms with E-state index in [4.69, 9.17) is 8.85 Å². The molecule has 0 N–H and O–H groups in total. The minimum Gasteiger partial charge on any atom is -0.395 e. The Morgan fingerprint density at radius 3 is 2.00 bits per heavy atom. The quantitative estimate of drug-likeness (QED) is 0.514. The Kier molecular flexibility index (Phi) is 7.43. The fourth-order valence-corrected chi connectivity index (χ4v) is 4.39. The highest BCUT2D eigenvalue weighted by atomic mass is 79.9. The molecular formula is C8H19BrO2Si. The van der Waals surface area contributed by atoms with E-state index < -0.39 is 8.56 Å². The molecule has 0 rings (SSSR count). The Labute approximate surface area is 85.0 Å². The predicted octanol–water partition coefficient (Wildman–Crippen LogP) is 2.92. The first-order valence-electron chi connectivity index (χ1n) is 4.52. The molecule has 0 bridgehead atoms. The molecule has 0 aliphatic rings. The lowest BCUT2D eigenvalue weighted by Crippen LogP contribution is -2.38. The highest BCUT2D eigenvalue weighted by Crippen LogP contribution is 2.16. The lowest BCUT2D eigenvalue weighted by molar-refractivity contribution is 0.189. The molecule has 0 aromatic rings. The molecule has 0 aliphatic carbocycles. The summed E-state index contributed by atoms with van der Waals surface area (Å²) < 4.78 is 11.3. The fourth-order valence-electron chi connectivity index (χ4n) is 1.18. The van der Waals surface area contributed by atoms with Gasteiger partial charge in [0.1, 0.15) is 0 Å². The van der Waals surface area contributed by atoms with Crippen LogP contribution in [0.4, 0.5) is 0 Å². The summed E-state index contributed by atoms with van der Waals surface area (Å²) in [4.78, 5) is 0. The zero-order chi connectivity index (χ0) is 9.45. The van der Waals surface area contributed by atoms with Crippen LogP contribution >= 0.6 is 15.9 Å². The van der Waals surface area contributed by atoms with Gasteiger partial charge >= 0.3 is 8.56 Å². The summed E-state index contributed by atoms with van der Waals surface area (Å²) in [5.41, 5.74) is 0. The number of rotatable bonds is 7. The van der Waals surface area contributed by atoms with Gasteiger partial charge in [-0.15, -0.1) is 0 Å². The average Bonchev–Trinajstić information content (AvgIpc) is 2.02. The second kappa shape index (κ2) is 7.06. The van der Waals surface area contributed by atoms with Gasteiger partial charge < -0.3 is 8.85 Å². The number of hydrogen-bond acceptors (Lipinski definition) is 2. The van der Waals surface area contributed by atoms with Gasteiger partial charge in [-0.1, -0.05) is 15.9 Å². The maximum atomic E-state index is 5.67. The zero-order valence-electron chi connectivity index (χ0n) is 8.23. The van der Waals surface area contributed by atoms with E-state index in [0.29, 0.717) is 0 Å². The molecule has 0 aliphatic heterocycles. The van der Waals surface area contributed by atoms with Crippen molar-refractivity contribution in [2.75, 3.05) is 18.5 Å². The maximum absolute atomic E-state index is 5.67. The lowest BCUT2D eigenvalue weighted by Gasteiger charge is -2.25. The largest absolute Gasteiger partial charge is 0.395 e. The molecule has 0 aromatic carbocycles. The first-order chi connectivity index (χ1) is 5.68. The standard InChI is InChI=1S/C8H19BrO2Si/c1-4-10-12(3,11-5-2)8-6-7-9/h4-8H2,1-3H3. The third-order valence-electron chi connectivity index (χ3n) is 1.66. The summed E-state index contributed by atoms with van der Waals surface area (Å²) in [7, 11) is -1.80. The topological polar surface area (TPSA) is 18.5 Å². The van der Waals surface area contributed by atoms with E-state index >= 15 is 0 Å². The Morgan fingerprint density at radius 2 is 1.67 bits per heavy atom. The lowest BCUT2D eigenvalue weighted by atomic mass is 10.6. The minimum atomic E-state index is -1.80. The van der Waals surface area contributed by atoms with Gasteiger partial charge in [0.2, 0.25) is 0 Å². The van der Waals surface area contributed by atoms with Crippen molar-refractivity contribution in [3.05, 3.63) is 0 Å². The third kappa shape index (κ3) is 5.30. The molecule has 12 heavy (non-hydrogen) atoms. The molecule has 0 aromatic heterocycles. The summed E-state index contributed by atoms with van der Waals surface area (Å²) in [6.45, 7) is 7.73. The molecule has 4 heteroatoms. The van der Waals surface area contributed by atoms with Crippen LogP contribution in [0.3, 0.4) is 0 Å². The van der Waals surface area contributed by atoms with Gasteiger partial charge in [-0.25, -0.2) is 0 Å². The first-order valence-corrected chi connectivity index (χ1v) is 8.17. The molecule has 0 fully saturated rings. The van der Waals surface area contributed by atoms with Crippen LogP contribution in [0.1, 0.15) is 20.3 Å². The molecule has 2 nitrogen and oxygen atoms in total. The molecule has 0 radical (unpaired) electrons. The van der Waals surface area contributed by atoms with E-state index in [2.05, 4.69) is 22.5 Å². The first kappa shape index (κ1) is 12.6. The Balaban J connectivity index is 3.80. The van der Waals surface area contributed by atoms with Gasteiger partial charge in [-0.2, -0.15) is 0 Å². The molecule has 0 saturated carbocycles. The normalized spacial score (nSPS) is 12.0. The second-order valence-electron chi connectivity index (χ2n) is 2.79. The number of alkyl halides is 1. The summed E-state index contributed by atoms with van der Waals surface area (Å²) >= 11 is 3.42. The van der Waals surface area contributed by atoms with Crippen molar-refractivity contribution in [3.8, 4) is 0 Å². The zero-order valence-corrected chi connectivity index (χ0v) is 10.8. The summed E-state index contributed by atoms with van der Waals surface area (Å²) in [5.74, 6) is 0. The third-order valence-corrected chi connectivity index (χ3v) is 5.29. The fraction of sp³-hybridized carbons (Fsp3) is 1.00. The number of hydrogen-bond donors (Lipinski definition) is 0. The van der Waals surface area contributed by atoms with Crippen LogP contribution in [0.15, 0.2) is 0 Å². The van der Waals surface area contributed by atoms with Crippen molar-refractivity contribution >= 4 is 24.5 Å². The van der Waals surface area contributed by atoms with Crippen LogP contribution in [0.2, 0.25) is 12.6 Å². The highest BCUT2D eigenvalue weighted by Gasteiger charge is 2.29. The van der Waals surface area contributed by atoms with Crippen LogP contribution in [0, 0.1) is 0 Å². The van der Waals surface area contributed by atoms with Gasteiger partial charge in [0.05, 0.1) is 0 Å². The van der Waals surface area contributed by atoms with E-state index in [1.165, 1.54) is 0 Å².